The molecule has 0 aromatic rings. The lowest BCUT2D eigenvalue weighted by atomic mass is 10.2. The van der Waals surface area contributed by atoms with Crippen LogP contribution in [0, 0.1) is 0 Å². The van der Waals surface area contributed by atoms with E-state index in [0.717, 1.165) is 0 Å². The second-order valence-corrected chi connectivity index (χ2v) is 9.33. The van der Waals surface area contributed by atoms with Gasteiger partial charge in [-0.05, 0) is 12.8 Å². The van der Waals surface area contributed by atoms with Crippen molar-refractivity contribution in [1.29, 1.82) is 0 Å². The van der Waals surface area contributed by atoms with E-state index in [1.165, 1.54) is 24.9 Å². The van der Waals surface area contributed by atoms with Crippen LogP contribution in [0.2, 0.25) is 25.2 Å². The highest BCUT2D eigenvalue weighted by Crippen LogP contribution is 2.26. The number of hydrogen-bond donors (Lipinski definition) is 1. The topological polar surface area (TPSA) is 26.0 Å². The fraction of sp³-hybridized carbons (Fsp3) is 1.00. The molecule has 1 fully saturated rings. The van der Waals surface area contributed by atoms with E-state index in [0.29, 0.717) is 6.04 Å². The molecule has 0 radical (unpaired) electrons. The molecule has 9 heavy (non-hydrogen) atoms. The van der Waals surface area contributed by atoms with Gasteiger partial charge in [-0.15, -0.1) is 0 Å². The maximum Gasteiger partial charge on any atom is 0.0474 e. The maximum atomic E-state index is 5.78. The number of hydrogen-bond acceptors (Lipinski definition) is 1. The molecule has 0 unspecified atom stereocenters. The Labute approximate surface area is 58.6 Å². The molecule has 0 bridgehead atoms. The predicted octanol–water partition coefficient (Wildman–Crippen LogP) is 1.82. The Hall–Kier alpha value is 0.177. The van der Waals surface area contributed by atoms with Crippen molar-refractivity contribution in [2.75, 3.05) is 0 Å². The molecule has 1 aliphatic heterocycles. The number of rotatable bonds is 0. The van der Waals surface area contributed by atoms with Crippen LogP contribution >= 0.6 is 0 Å². The average molecular weight is 143 g/mol. The third-order valence-corrected chi connectivity index (χ3v) is 5.67. The molecule has 0 aliphatic carbocycles. The molecular formula is C7H17NSi. The van der Waals surface area contributed by atoms with Gasteiger partial charge in [-0.3, -0.25) is 0 Å². The first-order chi connectivity index (χ1) is 4.10. The largest absolute Gasteiger partial charge is 0.328 e. The van der Waals surface area contributed by atoms with Gasteiger partial charge in [-0.25, -0.2) is 0 Å². The quantitative estimate of drug-likeness (QED) is 0.514. The Morgan fingerprint density at radius 3 is 2.00 bits per heavy atom. The summed E-state index contributed by atoms with van der Waals surface area (Å²) in [7, 11) is -0.712. The Balaban J connectivity index is 2.35. The first kappa shape index (κ1) is 7.29. The molecule has 1 heterocycles. The van der Waals surface area contributed by atoms with E-state index in [2.05, 4.69) is 13.1 Å². The molecule has 0 atom stereocenters. The summed E-state index contributed by atoms with van der Waals surface area (Å²) in [4.78, 5) is 0. The van der Waals surface area contributed by atoms with Crippen molar-refractivity contribution in [2.24, 2.45) is 5.73 Å². The monoisotopic (exact) mass is 143 g/mol. The van der Waals surface area contributed by atoms with Gasteiger partial charge in [0.25, 0.3) is 0 Å². The molecule has 1 aliphatic rings. The van der Waals surface area contributed by atoms with E-state index in [9.17, 15) is 0 Å². The van der Waals surface area contributed by atoms with Gasteiger partial charge in [-0.1, -0.05) is 25.2 Å². The van der Waals surface area contributed by atoms with Crippen LogP contribution in [0.1, 0.15) is 12.8 Å². The maximum absolute atomic E-state index is 5.78. The summed E-state index contributed by atoms with van der Waals surface area (Å²) in [6.07, 6.45) is 2.58. The normalized spacial score (nSPS) is 28.3. The summed E-state index contributed by atoms with van der Waals surface area (Å²) >= 11 is 0. The van der Waals surface area contributed by atoms with Crippen molar-refractivity contribution in [3.63, 3.8) is 0 Å². The molecule has 0 saturated carbocycles. The number of nitrogens with two attached hydrogens (primary N) is 1. The van der Waals surface area contributed by atoms with Gasteiger partial charge in [0.1, 0.15) is 0 Å². The van der Waals surface area contributed by atoms with E-state index < -0.39 is 8.07 Å². The Morgan fingerprint density at radius 1 is 1.22 bits per heavy atom. The smallest absolute Gasteiger partial charge is 0.0474 e. The minimum absolute atomic E-state index is 0.533. The van der Waals surface area contributed by atoms with Crippen molar-refractivity contribution >= 4 is 8.07 Å². The molecule has 2 N–H and O–H groups in total. The Morgan fingerprint density at radius 2 is 1.67 bits per heavy atom. The van der Waals surface area contributed by atoms with Crippen molar-refractivity contribution in [2.45, 2.75) is 44.1 Å². The molecule has 1 rings (SSSR count). The molecule has 1 nitrogen and oxygen atoms in total. The van der Waals surface area contributed by atoms with Gasteiger partial charge in [0.05, 0.1) is 0 Å². The van der Waals surface area contributed by atoms with E-state index in [4.69, 9.17) is 5.73 Å². The minimum atomic E-state index is -0.712. The first-order valence-electron chi connectivity index (χ1n) is 3.86. The zero-order valence-corrected chi connectivity index (χ0v) is 7.48. The molecule has 0 spiro atoms. The van der Waals surface area contributed by atoms with Crippen LogP contribution in [0.15, 0.2) is 0 Å². The summed E-state index contributed by atoms with van der Waals surface area (Å²) < 4.78 is 0. The standard InChI is InChI=1S/C7H17NSi/c1-9(2)5-3-7(8)4-6-9/h7H,3-6,8H2,1-2H3. The summed E-state index contributed by atoms with van der Waals surface area (Å²) in [5, 5.41) is 0. The van der Waals surface area contributed by atoms with Gasteiger partial charge in [0.15, 0.2) is 0 Å². The fourth-order valence-corrected chi connectivity index (χ4v) is 3.98. The summed E-state index contributed by atoms with van der Waals surface area (Å²) in [5.74, 6) is 0. The van der Waals surface area contributed by atoms with E-state index >= 15 is 0 Å². The van der Waals surface area contributed by atoms with E-state index in [-0.39, 0.29) is 0 Å². The summed E-state index contributed by atoms with van der Waals surface area (Å²) in [6.45, 7) is 4.94. The lowest BCUT2D eigenvalue weighted by molar-refractivity contribution is 0.592. The van der Waals surface area contributed by atoms with Crippen molar-refractivity contribution in [1.82, 2.24) is 0 Å². The fourth-order valence-electron chi connectivity index (χ4n) is 1.42. The van der Waals surface area contributed by atoms with E-state index in [1.54, 1.807) is 0 Å². The van der Waals surface area contributed by atoms with Gasteiger partial charge in [0, 0.05) is 14.1 Å². The Bertz CT molecular complexity index is 91.1. The second-order valence-electron chi connectivity index (χ2n) is 4.00. The van der Waals surface area contributed by atoms with Crippen molar-refractivity contribution in [3.05, 3.63) is 0 Å². The van der Waals surface area contributed by atoms with Crippen LogP contribution < -0.4 is 5.73 Å². The molecule has 54 valence electrons. The van der Waals surface area contributed by atoms with E-state index in [1.807, 2.05) is 0 Å². The third kappa shape index (κ3) is 2.10. The average Bonchev–Trinajstić information content (AvgIpc) is 1.78. The third-order valence-electron chi connectivity index (χ3n) is 2.38. The van der Waals surface area contributed by atoms with Gasteiger partial charge in [0.2, 0.25) is 0 Å². The zero-order chi connectivity index (χ0) is 6.91. The molecule has 2 heteroatoms. The summed E-state index contributed by atoms with van der Waals surface area (Å²) in [5.41, 5.74) is 5.78. The molecule has 1 saturated heterocycles. The molecule has 0 aromatic heterocycles. The van der Waals surface area contributed by atoms with Crippen molar-refractivity contribution in [3.8, 4) is 0 Å². The first-order valence-corrected chi connectivity index (χ1v) is 7.27. The van der Waals surface area contributed by atoms with Crippen LogP contribution in [0.4, 0.5) is 0 Å². The van der Waals surface area contributed by atoms with Crippen LogP contribution in [-0.2, 0) is 0 Å². The lowest BCUT2D eigenvalue weighted by Gasteiger charge is -2.30. The van der Waals surface area contributed by atoms with Crippen LogP contribution in [0.3, 0.4) is 0 Å². The highest BCUT2D eigenvalue weighted by atomic mass is 28.3. The van der Waals surface area contributed by atoms with Crippen molar-refractivity contribution < 1.29 is 0 Å². The van der Waals surface area contributed by atoms with Crippen LogP contribution in [-0.4, -0.2) is 14.1 Å². The predicted molar refractivity (Wildman–Crippen MR) is 44.3 cm³/mol. The molecular weight excluding hydrogens is 126 g/mol. The van der Waals surface area contributed by atoms with Gasteiger partial charge in [-0.2, -0.15) is 0 Å². The highest BCUT2D eigenvalue weighted by molar-refractivity contribution is 6.77. The second kappa shape index (κ2) is 2.43. The van der Waals surface area contributed by atoms with Gasteiger partial charge >= 0.3 is 0 Å². The SMILES string of the molecule is C[Si]1(C)CCC(N)CC1. The molecule has 0 aromatic carbocycles. The van der Waals surface area contributed by atoms with Gasteiger partial charge < -0.3 is 5.73 Å². The van der Waals surface area contributed by atoms with Crippen LogP contribution in [0.25, 0.3) is 0 Å². The lowest BCUT2D eigenvalue weighted by Crippen LogP contribution is -2.36. The minimum Gasteiger partial charge on any atom is -0.328 e. The summed E-state index contributed by atoms with van der Waals surface area (Å²) in [6, 6.07) is 3.44. The molecule has 0 amide bonds. The Kier molecular flexibility index (Phi) is 1.96. The highest BCUT2D eigenvalue weighted by Gasteiger charge is 2.26. The zero-order valence-electron chi connectivity index (χ0n) is 6.48. The van der Waals surface area contributed by atoms with Crippen LogP contribution in [0.5, 0.6) is 0 Å².